The zero-order chi connectivity index (χ0) is 22.5. The summed E-state index contributed by atoms with van der Waals surface area (Å²) in [7, 11) is 0. The minimum Gasteiger partial charge on any atom is -0.487 e. The molecule has 0 spiro atoms. The number of ether oxygens (including phenoxy) is 1. The van der Waals surface area contributed by atoms with Gasteiger partial charge in [0.25, 0.3) is 0 Å². The van der Waals surface area contributed by atoms with E-state index in [1.54, 1.807) is 40.5 Å². The van der Waals surface area contributed by atoms with E-state index in [1.165, 1.54) is 6.08 Å². The summed E-state index contributed by atoms with van der Waals surface area (Å²) in [4.78, 5) is 30.5. The molecule has 0 saturated carbocycles. The first kappa shape index (κ1) is 22.0. The number of rotatable bonds is 7. The van der Waals surface area contributed by atoms with Crippen molar-refractivity contribution in [1.82, 2.24) is 4.98 Å². The molecule has 0 unspecified atom stereocenters. The van der Waals surface area contributed by atoms with Crippen LogP contribution in [0.15, 0.2) is 53.9 Å². The number of thiazole rings is 1. The van der Waals surface area contributed by atoms with Gasteiger partial charge in [-0.3, -0.25) is 9.59 Å². The predicted molar refractivity (Wildman–Crippen MR) is 128 cm³/mol. The molecule has 0 aliphatic carbocycles. The fraction of sp³-hybridized carbons (Fsp3) is 0.208. The molecule has 2 heterocycles. The third-order valence-electron chi connectivity index (χ3n) is 4.95. The van der Waals surface area contributed by atoms with Gasteiger partial charge in [0.1, 0.15) is 12.4 Å². The molecular weight excluding hydrogens is 446 g/mol. The Morgan fingerprint density at radius 2 is 2.09 bits per heavy atom. The SMILES string of the molecule is Cc1nc(COc2ccc(/C=C/C(=O)Nc3cc(N4CCCC4=O)ccc3Cl)cc2)cs1. The molecule has 0 radical (unpaired) electrons. The second-order valence-corrected chi connectivity index (χ2v) is 8.82. The van der Waals surface area contributed by atoms with Crippen LogP contribution in [0.3, 0.4) is 0 Å². The molecule has 164 valence electrons. The van der Waals surface area contributed by atoms with Crippen LogP contribution in [0.5, 0.6) is 5.75 Å². The average Bonchev–Trinajstić information content (AvgIpc) is 3.41. The zero-order valence-electron chi connectivity index (χ0n) is 17.5. The van der Waals surface area contributed by atoms with E-state index in [0.717, 1.165) is 34.1 Å². The Morgan fingerprint density at radius 1 is 1.28 bits per heavy atom. The zero-order valence-corrected chi connectivity index (χ0v) is 19.1. The number of aromatic nitrogens is 1. The van der Waals surface area contributed by atoms with E-state index < -0.39 is 0 Å². The summed E-state index contributed by atoms with van der Waals surface area (Å²) in [5, 5.41) is 6.20. The van der Waals surface area contributed by atoms with Gasteiger partial charge in [-0.25, -0.2) is 4.98 Å². The number of carbonyl (C=O) groups is 2. The summed E-state index contributed by atoms with van der Waals surface area (Å²) in [6, 6.07) is 12.7. The van der Waals surface area contributed by atoms with E-state index in [-0.39, 0.29) is 11.8 Å². The summed E-state index contributed by atoms with van der Waals surface area (Å²) in [5.74, 6) is 0.506. The van der Waals surface area contributed by atoms with Crippen LogP contribution >= 0.6 is 22.9 Å². The highest BCUT2D eigenvalue weighted by Crippen LogP contribution is 2.30. The van der Waals surface area contributed by atoms with Crippen LogP contribution in [0.1, 0.15) is 29.1 Å². The molecule has 8 heteroatoms. The number of halogens is 1. The summed E-state index contributed by atoms with van der Waals surface area (Å²) < 4.78 is 5.74. The second-order valence-electron chi connectivity index (χ2n) is 7.35. The van der Waals surface area contributed by atoms with Crippen LogP contribution in [0.2, 0.25) is 5.02 Å². The van der Waals surface area contributed by atoms with Crippen molar-refractivity contribution in [2.45, 2.75) is 26.4 Å². The predicted octanol–water partition coefficient (Wildman–Crippen LogP) is 5.46. The minimum absolute atomic E-state index is 0.0821. The fourth-order valence-electron chi connectivity index (χ4n) is 3.35. The van der Waals surface area contributed by atoms with Crippen LogP contribution in [0.4, 0.5) is 11.4 Å². The molecule has 1 aliphatic heterocycles. The van der Waals surface area contributed by atoms with Crippen LogP contribution in [-0.2, 0) is 16.2 Å². The smallest absolute Gasteiger partial charge is 0.248 e. The van der Waals surface area contributed by atoms with Crippen LogP contribution in [-0.4, -0.2) is 23.3 Å². The molecule has 1 N–H and O–H groups in total. The topological polar surface area (TPSA) is 71.5 Å². The fourth-order valence-corrected chi connectivity index (χ4v) is 4.11. The average molecular weight is 468 g/mol. The number of benzene rings is 2. The Balaban J connectivity index is 1.34. The summed E-state index contributed by atoms with van der Waals surface area (Å²) in [5.41, 5.74) is 2.98. The van der Waals surface area contributed by atoms with Gasteiger partial charge in [-0.15, -0.1) is 11.3 Å². The number of nitrogens with one attached hydrogen (secondary N) is 1. The normalized spacial score (nSPS) is 13.7. The third kappa shape index (κ3) is 5.55. The molecule has 2 aromatic carbocycles. The molecule has 32 heavy (non-hydrogen) atoms. The third-order valence-corrected chi connectivity index (χ3v) is 6.11. The van der Waals surface area contributed by atoms with Gasteiger partial charge in [0.2, 0.25) is 11.8 Å². The lowest BCUT2D eigenvalue weighted by Crippen LogP contribution is -2.23. The quantitative estimate of drug-likeness (QED) is 0.468. The molecule has 1 aromatic heterocycles. The van der Waals surface area contributed by atoms with Crippen LogP contribution < -0.4 is 15.0 Å². The van der Waals surface area contributed by atoms with Gasteiger partial charge in [-0.05, 0) is 55.3 Å². The highest BCUT2D eigenvalue weighted by Gasteiger charge is 2.22. The van der Waals surface area contributed by atoms with E-state index in [9.17, 15) is 9.59 Å². The molecule has 3 aromatic rings. The van der Waals surface area contributed by atoms with Crippen molar-refractivity contribution >= 4 is 52.2 Å². The van der Waals surface area contributed by atoms with E-state index in [1.807, 2.05) is 36.6 Å². The van der Waals surface area contributed by atoms with Crippen molar-refractivity contribution in [2.75, 3.05) is 16.8 Å². The number of hydrogen-bond donors (Lipinski definition) is 1. The van der Waals surface area contributed by atoms with Gasteiger partial charge in [-0.1, -0.05) is 23.7 Å². The van der Waals surface area contributed by atoms with Crippen molar-refractivity contribution in [2.24, 2.45) is 0 Å². The van der Waals surface area contributed by atoms with Crippen molar-refractivity contribution in [3.63, 3.8) is 0 Å². The monoisotopic (exact) mass is 467 g/mol. The minimum atomic E-state index is -0.309. The molecular formula is C24H22ClN3O3S. The number of aryl methyl sites for hydroxylation is 1. The van der Waals surface area contributed by atoms with Crippen molar-refractivity contribution < 1.29 is 14.3 Å². The number of amides is 2. The Hall–Kier alpha value is -3.16. The van der Waals surface area contributed by atoms with Gasteiger partial charge in [0.05, 0.1) is 21.4 Å². The maximum atomic E-state index is 12.4. The molecule has 4 rings (SSSR count). The number of carbonyl (C=O) groups excluding carboxylic acids is 2. The summed E-state index contributed by atoms with van der Waals surface area (Å²) >= 11 is 7.83. The molecule has 2 amide bonds. The lowest BCUT2D eigenvalue weighted by molar-refractivity contribution is -0.117. The summed E-state index contributed by atoms with van der Waals surface area (Å²) in [6.07, 6.45) is 4.53. The first-order chi connectivity index (χ1) is 15.5. The van der Waals surface area contributed by atoms with Crippen LogP contribution in [0, 0.1) is 6.92 Å². The van der Waals surface area contributed by atoms with Crippen molar-refractivity contribution in [3.8, 4) is 5.75 Å². The van der Waals surface area contributed by atoms with Gasteiger partial charge >= 0.3 is 0 Å². The van der Waals surface area contributed by atoms with Gasteiger partial charge < -0.3 is 15.0 Å². The maximum Gasteiger partial charge on any atom is 0.248 e. The van der Waals surface area contributed by atoms with E-state index >= 15 is 0 Å². The van der Waals surface area contributed by atoms with Gasteiger partial charge in [0.15, 0.2) is 0 Å². The Morgan fingerprint density at radius 3 is 2.78 bits per heavy atom. The molecule has 0 atom stereocenters. The van der Waals surface area contributed by atoms with E-state index in [4.69, 9.17) is 16.3 Å². The Labute approximate surface area is 195 Å². The Bertz CT molecular complexity index is 1160. The van der Waals surface area contributed by atoms with Crippen molar-refractivity contribution in [3.05, 3.63) is 75.2 Å². The number of nitrogens with zero attached hydrogens (tertiary/aromatic N) is 2. The Kier molecular flexibility index (Phi) is 6.87. The van der Waals surface area contributed by atoms with Gasteiger partial charge in [0, 0.05) is 30.1 Å². The van der Waals surface area contributed by atoms with Crippen LogP contribution in [0.25, 0.3) is 6.08 Å². The highest BCUT2D eigenvalue weighted by atomic mass is 35.5. The molecule has 1 fully saturated rings. The second kappa shape index (κ2) is 9.97. The van der Waals surface area contributed by atoms with E-state index in [2.05, 4.69) is 10.3 Å². The first-order valence-electron chi connectivity index (χ1n) is 10.2. The van der Waals surface area contributed by atoms with E-state index in [0.29, 0.717) is 30.3 Å². The molecule has 0 bridgehead atoms. The van der Waals surface area contributed by atoms with Gasteiger partial charge in [-0.2, -0.15) is 0 Å². The molecule has 1 aliphatic rings. The molecule has 1 saturated heterocycles. The lowest BCUT2D eigenvalue weighted by atomic mass is 10.2. The lowest BCUT2D eigenvalue weighted by Gasteiger charge is -2.17. The molecule has 6 nitrogen and oxygen atoms in total. The standard InChI is InChI=1S/C24H22ClN3O3S/c1-16-26-18(15-32-16)14-31-20-8-4-17(5-9-20)6-11-23(29)27-22-13-19(7-10-21(22)25)28-12-2-3-24(28)30/h4-11,13,15H,2-3,12,14H2,1H3,(H,27,29)/b11-6+. The maximum absolute atomic E-state index is 12.4. The first-order valence-corrected chi connectivity index (χ1v) is 11.5. The largest absolute Gasteiger partial charge is 0.487 e. The summed E-state index contributed by atoms with van der Waals surface area (Å²) in [6.45, 7) is 3.06. The highest BCUT2D eigenvalue weighted by molar-refractivity contribution is 7.09. The number of anilines is 2. The number of hydrogen-bond acceptors (Lipinski definition) is 5. The van der Waals surface area contributed by atoms with Crippen molar-refractivity contribution in [1.29, 1.82) is 0 Å².